The molecule has 36 heavy (non-hydrogen) atoms. The first-order valence-corrected chi connectivity index (χ1v) is 11.8. The summed E-state index contributed by atoms with van der Waals surface area (Å²) < 4.78 is 12.0. The molecule has 0 spiro atoms. The zero-order valence-corrected chi connectivity index (χ0v) is 20.7. The number of nitrogens with one attached hydrogen (secondary N) is 1. The molecule has 0 unspecified atom stereocenters. The van der Waals surface area contributed by atoms with Gasteiger partial charge in [-0.25, -0.2) is 4.68 Å². The van der Waals surface area contributed by atoms with E-state index in [4.69, 9.17) is 9.47 Å². The van der Waals surface area contributed by atoms with Gasteiger partial charge in [0.2, 0.25) is 0 Å². The maximum Gasteiger partial charge on any atom is 0.280 e. The normalized spacial score (nSPS) is 10.6. The minimum absolute atomic E-state index is 0.0872. The second kappa shape index (κ2) is 11.4. The van der Waals surface area contributed by atoms with Crippen LogP contribution in [-0.2, 0) is 13.0 Å². The Morgan fingerprint density at radius 3 is 2.14 bits per heavy atom. The molecule has 184 valence electrons. The van der Waals surface area contributed by atoms with Crippen molar-refractivity contribution in [3.8, 4) is 33.9 Å². The highest BCUT2D eigenvalue weighted by Gasteiger charge is 2.24. The number of nitrogens with zero attached hydrogens (tertiary/aromatic N) is 2. The topological polar surface area (TPSA) is 82.5 Å². The third-order valence-corrected chi connectivity index (χ3v) is 5.94. The summed E-state index contributed by atoms with van der Waals surface area (Å²) in [5, 5.41) is 7.58. The van der Waals surface area contributed by atoms with Crippen LogP contribution < -0.4 is 20.3 Å². The van der Waals surface area contributed by atoms with E-state index in [0.717, 1.165) is 16.7 Å². The zero-order chi connectivity index (χ0) is 25.5. The van der Waals surface area contributed by atoms with Crippen LogP contribution in [0.3, 0.4) is 0 Å². The fourth-order valence-electron chi connectivity index (χ4n) is 4.12. The second-order valence-electron chi connectivity index (χ2n) is 8.15. The smallest absolute Gasteiger partial charge is 0.280 e. The highest BCUT2D eigenvalue weighted by Crippen LogP contribution is 2.32. The van der Waals surface area contributed by atoms with E-state index < -0.39 is 11.5 Å². The summed E-state index contributed by atoms with van der Waals surface area (Å²) in [5.74, 6) is 0.837. The molecule has 1 heterocycles. The quantitative estimate of drug-likeness (QED) is 0.377. The molecule has 0 atom stereocenters. The van der Waals surface area contributed by atoms with Gasteiger partial charge in [-0.05, 0) is 36.6 Å². The Balaban J connectivity index is 1.72. The SMILES string of the molecule is CCn1nc(-c2ccccc2)c(-c2ccccc2)c(C(=O)NCCc2ccc(OC)c(OC)c2)c1=O. The summed E-state index contributed by atoms with van der Waals surface area (Å²) in [6.07, 6.45) is 0.561. The predicted molar refractivity (Wildman–Crippen MR) is 141 cm³/mol. The van der Waals surface area contributed by atoms with Crippen molar-refractivity contribution in [2.24, 2.45) is 0 Å². The van der Waals surface area contributed by atoms with Crippen LogP contribution in [0.2, 0.25) is 0 Å². The number of carbonyl (C=O) groups is 1. The average Bonchev–Trinajstić information content (AvgIpc) is 2.93. The van der Waals surface area contributed by atoms with E-state index in [1.165, 1.54) is 4.68 Å². The van der Waals surface area contributed by atoms with Gasteiger partial charge >= 0.3 is 0 Å². The number of benzene rings is 3. The molecule has 0 fully saturated rings. The van der Waals surface area contributed by atoms with Gasteiger partial charge in [0.05, 0.1) is 19.9 Å². The number of amides is 1. The zero-order valence-electron chi connectivity index (χ0n) is 20.7. The molecule has 7 nitrogen and oxygen atoms in total. The molecule has 3 aromatic carbocycles. The van der Waals surface area contributed by atoms with Gasteiger partial charge in [0.15, 0.2) is 11.5 Å². The number of ether oxygens (including phenoxy) is 2. The van der Waals surface area contributed by atoms with E-state index in [0.29, 0.717) is 42.3 Å². The van der Waals surface area contributed by atoms with E-state index >= 15 is 0 Å². The molecule has 0 aliphatic carbocycles. The monoisotopic (exact) mass is 483 g/mol. The van der Waals surface area contributed by atoms with E-state index in [-0.39, 0.29) is 5.56 Å². The minimum atomic E-state index is -0.430. The van der Waals surface area contributed by atoms with Gasteiger partial charge in [-0.15, -0.1) is 0 Å². The van der Waals surface area contributed by atoms with Crippen molar-refractivity contribution in [3.63, 3.8) is 0 Å². The molecular formula is C29H29N3O4. The standard InChI is InChI=1S/C29H29N3O4/c1-4-32-29(34)26(28(33)30-18-17-20-15-16-23(35-2)24(19-20)36-3)25(21-11-7-5-8-12-21)27(31-32)22-13-9-6-10-14-22/h5-16,19H,4,17-18H2,1-3H3,(H,30,33). The number of aryl methyl sites for hydroxylation is 1. The third-order valence-electron chi connectivity index (χ3n) is 5.94. The van der Waals surface area contributed by atoms with E-state index in [1.54, 1.807) is 14.2 Å². The summed E-state index contributed by atoms with van der Waals surface area (Å²) in [4.78, 5) is 26.9. The number of methoxy groups -OCH3 is 2. The van der Waals surface area contributed by atoms with Gasteiger partial charge in [0, 0.05) is 24.2 Å². The Bertz CT molecular complexity index is 1400. The highest BCUT2D eigenvalue weighted by atomic mass is 16.5. The molecule has 0 aliphatic heterocycles. The van der Waals surface area contributed by atoms with Crippen molar-refractivity contribution < 1.29 is 14.3 Å². The number of rotatable bonds is 9. The maximum atomic E-state index is 13.5. The molecule has 1 aromatic heterocycles. The van der Waals surface area contributed by atoms with Crippen molar-refractivity contribution in [2.75, 3.05) is 20.8 Å². The molecule has 0 saturated carbocycles. The van der Waals surface area contributed by atoms with Gasteiger partial charge in [0.1, 0.15) is 5.56 Å². The van der Waals surface area contributed by atoms with E-state index in [9.17, 15) is 9.59 Å². The van der Waals surface area contributed by atoms with Crippen LogP contribution in [0.1, 0.15) is 22.8 Å². The summed E-state index contributed by atoms with van der Waals surface area (Å²) in [6.45, 7) is 2.53. The summed E-state index contributed by atoms with van der Waals surface area (Å²) in [6, 6.07) is 24.7. The Labute approximate surface area is 210 Å². The van der Waals surface area contributed by atoms with Crippen molar-refractivity contribution >= 4 is 5.91 Å². The lowest BCUT2D eigenvalue weighted by molar-refractivity contribution is 0.0952. The Kier molecular flexibility index (Phi) is 7.80. The largest absolute Gasteiger partial charge is 0.493 e. The van der Waals surface area contributed by atoms with Crippen LogP contribution in [0.15, 0.2) is 83.7 Å². The predicted octanol–water partition coefficient (Wildman–Crippen LogP) is 4.59. The van der Waals surface area contributed by atoms with Crippen molar-refractivity contribution in [1.29, 1.82) is 0 Å². The van der Waals surface area contributed by atoms with Gasteiger partial charge in [-0.1, -0.05) is 66.7 Å². The van der Waals surface area contributed by atoms with Crippen molar-refractivity contribution in [2.45, 2.75) is 19.9 Å². The van der Waals surface area contributed by atoms with Gasteiger partial charge in [0.25, 0.3) is 11.5 Å². The van der Waals surface area contributed by atoms with E-state index in [1.807, 2.05) is 85.8 Å². The molecule has 0 saturated heterocycles. The van der Waals surface area contributed by atoms with Crippen molar-refractivity contribution in [1.82, 2.24) is 15.1 Å². The van der Waals surface area contributed by atoms with Crippen LogP contribution >= 0.6 is 0 Å². The first-order valence-electron chi connectivity index (χ1n) is 11.8. The lowest BCUT2D eigenvalue weighted by atomic mass is 9.95. The molecule has 4 aromatic rings. The minimum Gasteiger partial charge on any atom is -0.493 e. The molecule has 4 rings (SSSR count). The highest BCUT2D eigenvalue weighted by molar-refractivity contribution is 6.03. The van der Waals surface area contributed by atoms with Crippen LogP contribution in [0.5, 0.6) is 11.5 Å². The van der Waals surface area contributed by atoms with Crippen LogP contribution in [0, 0.1) is 0 Å². The first kappa shape index (κ1) is 24.7. The molecule has 1 amide bonds. The summed E-state index contributed by atoms with van der Waals surface area (Å²) in [7, 11) is 3.17. The van der Waals surface area contributed by atoms with Gasteiger partial charge < -0.3 is 14.8 Å². The first-order chi connectivity index (χ1) is 17.6. The fourth-order valence-corrected chi connectivity index (χ4v) is 4.12. The fraction of sp³-hybridized carbons (Fsp3) is 0.207. The molecule has 0 radical (unpaired) electrons. The van der Waals surface area contributed by atoms with Crippen molar-refractivity contribution in [3.05, 3.63) is 100 Å². The molecule has 0 aliphatic rings. The number of carbonyl (C=O) groups excluding carboxylic acids is 1. The van der Waals surface area contributed by atoms with Crippen LogP contribution in [-0.4, -0.2) is 36.5 Å². The number of hydrogen-bond donors (Lipinski definition) is 1. The lowest BCUT2D eigenvalue weighted by Crippen LogP contribution is -2.36. The summed E-state index contributed by atoms with van der Waals surface area (Å²) in [5.41, 5.74) is 3.35. The van der Waals surface area contributed by atoms with Gasteiger partial charge in [-0.2, -0.15) is 5.10 Å². The van der Waals surface area contributed by atoms with Crippen LogP contribution in [0.25, 0.3) is 22.4 Å². The van der Waals surface area contributed by atoms with Crippen LogP contribution in [0.4, 0.5) is 0 Å². The maximum absolute atomic E-state index is 13.5. The average molecular weight is 484 g/mol. The molecular weight excluding hydrogens is 454 g/mol. The summed E-state index contributed by atoms with van der Waals surface area (Å²) >= 11 is 0. The number of hydrogen-bond acceptors (Lipinski definition) is 5. The Morgan fingerprint density at radius 1 is 0.889 bits per heavy atom. The number of aromatic nitrogens is 2. The molecule has 1 N–H and O–H groups in total. The third kappa shape index (κ3) is 5.15. The second-order valence-corrected chi connectivity index (χ2v) is 8.15. The Morgan fingerprint density at radius 2 is 1.53 bits per heavy atom. The molecule has 0 bridgehead atoms. The lowest BCUT2D eigenvalue weighted by Gasteiger charge is -2.17. The Hall–Kier alpha value is -4.39. The van der Waals surface area contributed by atoms with Gasteiger partial charge in [-0.3, -0.25) is 9.59 Å². The molecule has 7 heteroatoms. The van der Waals surface area contributed by atoms with E-state index in [2.05, 4.69) is 10.4 Å².